The molecule has 2 heterocycles. The topological polar surface area (TPSA) is 31.4 Å². The average Bonchev–Trinajstić information content (AvgIpc) is 2.63. The van der Waals surface area contributed by atoms with Gasteiger partial charge in [0.15, 0.2) is 17.9 Å². The van der Waals surface area contributed by atoms with Crippen molar-refractivity contribution in [2.75, 3.05) is 13.2 Å². The molecule has 5 heteroatoms. The monoisotopic (exact) mass is 331 g/mol. The summed E-state index contributed by atoms with van der Waals surface area (Å²) in [6.07, 6.45) is 6.41. The average molecular weight is 331 g/mol. The molecule has 1 aliphatic rings. The smallest absolute Gasteiger partial charge is 0.185 e. The third kappa shape index (κ3) is 3.86. The fraction of sp³-hybridized carbons (Fsp3) is 0.316. The van der Waals surface area contributed by atoms with Gasteiger partial charge in [-0.3, -0.25) is 4.98 Å². The lowest BCUT2D eigenvalue weighted by atomic mass is 10.1. The second-order valence-electron chi connectivity index (χ2n) is 5.70. The van der Waals surface area contributed by atoms with Gasteiger partial charge in [-0.1, -0.05) is 25.1 Å². The zero-order valence-electron chi connectivity index (χ0n) is 13.4. The number of hydrogen-bond acceptors (Lipinski definition) is 3. The van der Waals surface area contributed by atoms with Crippen LogP contribution in [0.5, 0.6) is 0 Å². The maximum Gasteiger partial charge on any atom is 0.185 e. The molecular formula is C19H19F2NO2. The largest absolute Gasteiger partial charge is 0.348 e. The number of pyridine rings is 1. The van der Waals surface area contributed by atoms with Crippen molar-refractivity contribution in [3.05, 3.63) is 65.9 Å². The number of allylic oxidation sites excluding steroid dienone is 1. The van der Waals surface area contributed by atoms with Crippen LogP contribution in [0.25, 0.3) is 11.3 Å². The summed E-state index contributed by atoms with van der Waals surface area (Å²) in [4.78, 5) is 4.30. The van der Waals surface area contributed by atoms with E-state index in [0.717, 1.165) is 24.1 Å². The lowest BCUT2D eigenvalue weighted by molar-refractivity contribution is -0.197. The molecule has 0 spiro atoms. The summed E-state index contributed by atoms with van der Waals surface area (Å²) in [5.74, 6) is -1.48. The summed E-state index contributed by atoms with van der Waals surface area (Å²) >= 11 is 0. The number of benzene rings is 1. The highest BCUT2D eigenvalue weighted by Crippen LogP contribution is 2.27. The molecule has 3 nitrogen and oxygen atoms in total. The normalized spacial score (nSPS) is 21.3. The third-order valence-electron chi connectivity index (χ3n) is 3.84. The van der Waals surface area contributed by atoms with Gasteiger partial charge in [0, 0.05) is 23.2 Å². The van der Waals surface area contributed by atoms with Gasteiger partial charge in [0.05, 0.1) is 18.9 Å². The zero-order valence-corrected chi connectivity index (χ0v) is 13.4. The molecule has 1 aliphatic heterocycles. The molecule has 1 fully saturated rings. The molecule has 0 unspecified atom stereocenters. The van der Waals surface area contributed by atoms with Crippen LogP contribution in [0.2, 0.25) is 0 Å². The van der Waals surface area contributed by atoms with Crippen molar-refractivity contribution in [2.24, 2.45) is 5.92 Å². The molecule has 0 amide bonds. The highest BCUT2D eigenvalue weighted by atomic mass is 19.2. The Balaban J connectivity index is 1.67. The van der Waals surface area contributed by atoms with Crippen LogP contribution in [0.15, 0.2) is 48.7 Å². The number of ether oxygens (including phenoxy) is 2. The van der Waals surface area contributed by atoms with Crippen molar-refractivity contribution in [3.8, 4) is 11.3 Å². The van der Waals surface area contributed by atoms with Crippen LogP contribution in [0.3, 0.4) is 0 Å². The van der Waals surface area contributed by atoms with E-state index in [4.69, 9.17) is 9.47 Å². The summed E-state index contributed by atoms with van der Waals surface area (Å²) in [5, 5.41) is 0. The third-order valence-corrected chi connectivity index (χ3v) is 3.84. The number of halogens is 2. The van der Waals surface area contributed by atoms with Gasteiger partial charge in [0.25, 0.3) is 0 Å². The van der Waals surface area contributed by atoms with Gasteiger partial charge in [0.2, 0.25) is 0 Å². The van der Waals surface area contributed by atoms with Crippen LogP contribution in [0, 0.1) is 17.6 Å². The molecule has 0 aliphatic carbocycles. The Bertz CT molecular complexity index is 708. The Labute approximate surface area is 139 Å². The van der Waals surface area contributed by atoms with E-state index in [1.165, 1.54) is 6.07 Å². The van der Waals surface area contributed by atoms with E-state index in [1.807, 2.05) is 6.07 Å². The van der Waals surface area contributed by atoms with Crippen LogP contribution in [0.1, 0.15) is 25.2 Å². The first-order valence-corrected chi connectivity index (χ1v) is 7.98. The number of aromatic nitrogens is 1. The zero-order chi connectivity index (χ0) is 16.9. The summed E-state index contributed by atoms with van der Waals surface area (Å²) in [6, 6.07) is 7.31. The van der Waals surface area contributed by atoms with Crippen LogP contribution in [0.4, 0.5) is 8.78 Å². The Kier molecular flexibility index (Phi) is 5.33. The molecular weight excluding hydrogens is 312 g/mol. The Hall–Kier alpha value is -2.11. The van der Waals surface area contributed by atoms with Crippen LogP contribution in [-0.2, 0) is 9.47 Å². The summed E-state index contributed by atoms with van der Waals surface area (Å²) in [5.41, 5.74) is 1.90. The van der Waals surface area contributed by atoms with Crippen molar-refractivity contribution >= 4 is 0 Å². The van der Waals surface area contributed by atoms with Gasteiger partial charge in [-0.05, 0) is 30.7 Å². The molecule has 1 aromatic heterocycles. The highest BCUT2D eigenvalue weighted by Gasteiger charge is 2.22. The van der Waals surface area contributed by atoms with Gasteiger partial charge < -0.3 is 9.47 Å². The first kappa shape index (κ1) is 16.7. The maximum absolute atomic E-state index is 13.3. The molecule has 2 aromatic rings. The quantitative estimate of drug-likeness (QED) is 0.764. The molecule has 0 radical (unpaired) electrons. The first-order chi connectivity index (χ1) is 11.7. The fourth-order valence-electron chi connectivity index (χ4n) is 2.52. The van der Waals surface area contributed by atoms with Gasteiger partial charge in [0.1, 0.15) is 0 Å². The molecule has 0 bridgehead atoms. The van der Waals surface area contributed by atoms with Gasteiger partial charge in [-0.25, -0.2) is 8.78 Å². The minimum atomic E-state index is -0.886. The van der Waals surface area contributed by atoms with Crippen LogP contribution in [-0.4, -0.2) is 18.2 Å². The second-order valence-corrected chi connectivity index (χ2v) is 5.70. The lowest BCUT2D eigenvalue weighted by Gasteiger charge is -2.28. The van der Waals surface area contributed by atoms with E-state index in [-0.39, 0.29) is 5.92 Å². The number of hydrogen-bond donors (Lipinski definition) is 0. The summed E-state index contributed by atoms with van der Waals surface area (Å²) in [6.45, 7) is 3.29. The minimum absolute atomic E-state index is 0.274. The van der Waals surface area contributed by atoms with Gasteiger partial charge >= 0.3 is 0 Å². The molecule has 0 atom stereocenters. The number of rotatable bonds is 4. The van der Waals surface area contributed by atoms with Crippen molar-refractivity contribution in [3.63, 3.8) is 0 Å². The molecule has 1 aromatic carbocycles. The second kappa shape index (κ2) is 7.64. The maximum atomic E-state index is 13.3. The van der Waals surface area contributed by atoms with Crippen LogP contribution >= 0.6 is 0 Å². The molecule has 0 saturated carbocycles. The minimum Gasteiger partial charge on any atom is -0.348 e. The van der Waals surface area contributed by atoms with Crippen LogP contribution < -0.4 is 0 Å². The van der Waals surface area contributed by atoms with E-state index in [1.54, 1.807) is 12.3 Å². The van der Waals surface area contributed by atoms with E-state index in [9.17, 15) is 8.78 Å². The van der Waals surface area contributed by atoms with Crippen molar-refractivity contribution in [2.45, 2.75) is 19.6 Å². The van der Waals surface area contributed by atoms with E-state index in [2.05, 4.69) is 24.1 Å². The van der Waals surface area contributed by atoms with E-state index < -0.39 is 17.9 Å². The summed E-state index contributed by atoms with van der Waals surface area (Å²) < 4.78 is 37.8. The SMILES string of the molecule is CC/C=C/C1COC(c2ccc(-c3ccc(F)c(F)c3)nc2)OC1. The van der Waals surface area contributed by atoms with Gasteiger partial charge in [-0.15, -0.1) is 0 Å². The van der Waals surface area contributed by atoms with E-state index >= 15 is 0 Å². The standard InChI is InChI=1S/C19H19F2NO2/c1-2-3-4-13-11-23-19(24-12-13)15-6-8-18(22-10-15)14-5-7-16(20)17(21)9-14/h3-10,13,19H,2,11-12H2,1H3/b4-3+. The molecule has 0 N–H and O–H groups in total. The Morgan fingerprint density at radius 2 is 1.92 bits per heavy atom. The summed E-state index contributed by atoms with van der Waals surface area (Å²) in [7, 11) is 0. The van der Waals surface area contributed by atoms with Gasteiger partial charge in [-0.2, -0.15) is 0 Å². The molecule has 3 rings (SSSR count). The lowest BCUT2D eigenvalue weighted by Crippen LogP contribution is -2.25. The first-order valence-electron chi connectivity index (χ1n) is 7.98. The fourth-order valence-corrected chi connectivity index (χ4v) is 2.52. The Morgan fingerprint density at radius 1 is 1.12 bits per heavy atom. The molecule has 126 valence electrons. The van der Waals surface area contributed by atoms with Crippen molar-refractivity contribution < 1.29 is 18.3 Å². The predicted molar refractivity (Wildman–Crippen MR) is 87.2 cm³/mol. The predicted octanol–water partition coefficient (Wildman–Crippen LogP) is 4.65. The van der Waals surface area contributed by atoms with Crippen molar-refractivity contribution in [1.82, 2.24) is 4.98 Å². The highest BCUT2D eigenvalue weighted by molar-refractivity contribution is 5.59. The molecule has 1 saturated heterocycles. The molecule has 24 heavy (non-hydrogen) atoms. The number of nitrogens with zero attached hydrogens (tertiary/aromatic N) is 1. The van der Waals surface area contributed by atoms with E-state index in [0.29, 0.717) is 24.5 Å². The van der Waals surface area contributed by atoms with Crippen molar-refractivity contribution in [1.29, 1.82) is 0 Å². The Morgan fingerprint density at radius 3 is 2.54 bits per heavy atom.